The minimum absolute atomic E-state index is 0.135. The molecule has 0 fully saturated rings. The van der Waals surface area contributed by atoms with Crippen LogP contribution in [0.15, 0.2) is 46.2 Å². The summed E-state index contributed by atoms with van der Waals surface area (Å²) in [6.45, 7) is 2.11. The quantitative estimate of drug-likeness (QED) is 0.710. The molecule has 7 heteroatoms. The van der Waals surface area contributed by atoms with E-state index in [1.165, 1.54) is 11.3 Å². The molecule has 1 aromatic carbocycles. The van der Waals surface area contributed by atoms with E-state index in [2.05, 4.69) is 10.3 Å². The van der Waals surface area contributed by atoms with Crippen molar-refractivity contribution in [3.05, 3.63) is 64.4 Å². The van der Waals surface area contributed by atoms with Gasteiger partial charge in [0.05, 0.1) is 17.0 Å². The number of hydrogen-bond acceptors (Lipinski definition) is 5. The molecule has 0 saturated heterocycles. The predicted molar refractivity (Wildman–Crippen MR) is 95.1 cm³/mol. The van der Waals surface area contributed by atoms with E-state index in [0.717, 1.165) is 10.4 Å². The summed E-state index contributed by atoms with van der Waals surface area (Å²) in [7, 11) is 0. The Balaban J connectivity index is 1.61. The molecule has 2 heterocycles. The topological polar surface area (TPSA) is 98.2 Å². The van der Waals surface area contributed by atoms with E-state index < -0.39 is 5.91 Å². The molecule has 0 bridgehead atoms. The van der Waals surface area contributed by atoms with Crippen molar-refractivity contribution >= 4 is 23.2 Å². The third-order valence-corrected chi connectivity index (χ3v) is 4.51. The number of amides is 2. The van der Waals surface area contributed by atoms with Gasteiger partial charge in [0.2, 0.25) is 17.7 Å². The molecule has 2 aromatic heterocycles. The number of carbonyl (C=O) groups excluding carboxylic acids is 2. The highest BCUT2D eigenvalue weighted by Gasteiger charge is 2.15. The fraction of sp³-hybridized carbons (Fsp3) is 0.167. The molecular formula is C18H17N3O3S. The molecule has 3 rings (SSSR count). The summed E-state index contributed by atoms with van der Waals surface area (Å²) in [6, 6.07) is 10.7. The lowest BCUT2D eigenvalue weighted by Gasteiger charge is -2.05. The molecule has 0 spiro atoms. The zero-order valence-corrected chi connectivity index (χ0v) is 14.4. The standard InChI is InChI=1S/C18H17N3O3S/c1-11-14(21-18(24-11)15-6-3-7-25-15)9-16(22)20-10-12-4-2-5-13(8-12)17(19)23/h2-8H,9-10H2,1H3,(H2,19,23)(H,20,22). The molecule has 2 amide bonds. The molecule has 0 aliphatic rings. The van der Waals surface area contributed by atoms with Gasteiger partial charge in [-0.15, -0.1) is 11.3 Å². The molecule has 6 nitrogen and oxygen atoms in total. The highest BCUT2D eigenvalue weighted by Crippen LogP contribution is 2.26. The third kappa shape index (κ3) is 4.13. The Morgan fingerprint density at radius 1 is 1.28 bits per heavy atom. The van der Waals surface area contributed by atoms with Gasteiger partial charge < -0.3 is 15.5 Å². The first-order valence-corrected chi connectivity index (χ1v) is 8.56. The second-order valence-electron chi connectivity index (χ2n) is 5.52. The van der Waals surface area contributed by atoms with Crippen molar-refractivity contribution in [2.24, 2.45) is 5.73 Å². The first kappa shape index (κ1) is 16.9. The van der Waals surface area contributed by atoms with Crippen molar-refractivity contribution in [1.82, 2.24) is 10.3 Å². The smallest absolute Gasteiger partial charge is 0.248 e. The number of aryl methyl sites for hydroxylation is 1. The summed E-state index contributed by atoms with van der Waals surface area (Å²) < 4.78 is 5.63. The number of primary amides is 1. The van der Waals surface area contributed by atoms with E-state index in [4.69, 9.17) is 10.2 Å². The average Bonchev–Trinajstić information content (AvgIpc) is 3.24. The molecule has 25 heavy (non-hydrogen) atoms. The molecule has 3 aromatic rings. The third-order valence-electron chi connectivity index (χ3n) is 3.65. The van der Waals surface area contributed by atoms with E-state index in [1.54, 1.807) is 25.1 Å². The number of nitrogens with one attached hydrogen (secondary N) is 1. The van der Waals surface area contributed by atoms with Crippen molar-refractivity contribution in [3.8, 4) is 10.8 Å². The SMILES string of the molecule is Cc1oc(-c2cccs2)nc1CC(=O)NCc1cccc(C(N)=O)c1. The van der Waals surface area contributed by atoms with Gasteiger partial charge in [0.15, 0.2) is 0 Å². The van der Waals surface area contributed by atoms with Crippen molar-refractivity contribution in [3.63, 3.8) is 0 Å². The number of nitrogens with two attached hydrogens (primary N) is 1. The summed E-state index contributed by atoms with van der Waals surface area (Å²) in [4.78, 5) is 28.7. The number of hydrogen-bond donors (Lipinski definition) is 2. The summed E-state index contributed by atoms with van der Waals surface area (Å²) in [5.74, 6) is 0.504. The number of carbonyl (C=O) groups is 2. The lowest BCUT2D eigenvalue weighted by Crippen LogP contribution is -2.25. The Hall–Kier alpha value is -2.93. The van der Waals surface area contributed by atoms with Gasteiger partial charge in [0.1, 0.15) is 5.76 Å². The fourth-order valence-corrected chi connectivity index (χ4v) is 3.00. The number of rotatable bonds is 6. The summed E-state index contributed by atoms with van der Waals surface area (Å²) >= 11 is 1.53. The van der Waals surface area contributed by atoms with Gasteiger partial charge in [-0.3, -0.25) is 9.59 Å². The molecule has 0 aliphatic carbocycles. The van der Waals surface area contributed by atoms with Crippen molar-refractivity contribution in [2.75, 3.05) is 0 Å². The summed E-state index contributed by atoms with van der Waals surface area (Å²) in [5.41, 5.74) is 7.10. The van der Waals surface area contributed by atoms with E-state index in [9.17, 15) is 9.59 Å². The first-order chi connectivity index (χ1) is 12.0. The minimum atomic E-state index is -0.493. The molecule has 0 unspecified atom stereocenters. The Kier molecular flexibility index (Phi) is 4.95. The van der Waals surface area contributed by atoms with Crippen molar-refractivity contribution in [2.45, 2.75) is 19.9 Å². The fourth-order valence-electron chi connectivity index (χ4n) is 2.35. The van der Waals surface area contributed by atoms with Gasteiger partial charge in [-0.1, -0.05) is 18.2 Å². The largest absolute Gasteiger partial charge is 0.440 e. The number of oxazole rings is 1. The van der Waals surface area contributed by atoms with Crippen molar-refractivity contribution < 1.29 is 14.0 Å². The Bertz CT molecular complexity index is 900. The maximum absolute atomic E-state index is 12.2. The van der Waals surface area contributed by atoms with E-state index in [-0.39, 0.29) is 12.3 Å². The molecule has 128 valence electrons. The van der Waals surface area contributed by atoms with Crippen LogP contribution in [0, 0.1) is 6.92 Å². The zero-order chi connectivity index (χ0) is 17.8. The van der Waals surface area contributed by atoms with Crippen LogP contribution >= 0.6 is 11.3 Å². The molecule has 0 radical (unpaired) electrons. The lowest BCUT2D eigenvalue weighted by atomic mass is 10.1. The second kappa shape index (κ2) is 7.31. The van der Waals surface area contributed by atoms with E-state index in [0.29, 0.717) is 29.5 Å². The maximum Gasteiger partial charge on any atom is 0.248 e. The van der Waals surface area contributed by atoms with Crippen LogP contribution in [0.25, 0.3) is 10.8 Å². The normalized spacial score (nSPS) is 10.6. The number of benzene rings is 1. The number of thiophene rings is 1. The van der Waals surface area contributed by atoms with Crippen LogP contribution in [-0.4, -0.2) is 16.8 Å². The van der Waals surface area contributed by atoms with Crippen LogP contribution in [0.5, 0.6) is 0 Å². The van der Waals surface area contributed by atoms with Crippen LogP contribution in [0.1, 0.15) is 27.4 Å². The van der Waals surface area contributed by atoms with Gasteiger partial charge in [-0.05, 0) is 36.1 Å². The van der Waals surface area contributed by atoms with Crippen LogP contribution in [-0.2, 0) is 17.8 Å². The minimum Gasteiger partial charge on any atom is -0.440 e. The number of nitrogens with zero attached hydrogens (tertiary/aromatic N) is 1. The van der Waals surface area contributed by atoms with Gasteiger partial charge >= 0.3 is 0 Å². The number of aromatic nitrogens is 1. The highest BCUT2D eigenvalue weighted by atomic mass is 32.1. The molecule has 0 atom stereocenters. The highest BCUT2D eigenvalue weighted by molar-refractivity contribution is 7.13. The van der Waals surface area contributed by atoms with Crippen molar-refractivity contribution in [1.29, 1.82) is 0 Å². The maximum atomic E-state index is 12.2. The Morgan fingerprint density at radius 3 is 2.84 bits per heavy atom. The summed E-state index contributed by atoms with van der Waals surface area (Å²) in [6.07, 6.45) is 0.135. The summed E-state index contributed by atoms with van der Waals surface area (Å²) in [5, 5.41) is 4.76. The predicted octanol–water partition coefficient (Wildman–Crippen LogP) is 2.67. The molecule has 3 N–H and O–H groups in total. The second-order valence-corrected chi connectivity index (χ2v) is 6.47. The molecule has 0 aliphatic heterocycles. The van der Waals surface area contributed by atoms with Crippen LogP contribution in [0.3, 0.4) is 0 Å². The van der Waals surface area contributed by atoms with Crippen LogP contribution in [0.2, 0.25) is 0 Å². The van der Waals surface area contributed by atoms with Gasteiger partial charge in [0, 0.05) is 12.1 Å². The zero-order valence-electron chi connectivity index (χ0n) is 13.6. The Labute approximate surface area is 148 Å². The van der Waals surface area contributed by atoms with Gasteiger partial charge in [-0.25, -0.2) is 4.98 Å². The molecule has 0 saturated carbocycles. The monoisotopic (exact) mass is 355 g/mol. The van der Waals surface area contributed by atoms with E-state index >= 15 is 0 Å². The van der Waals surface area contributed by atoms with Gasteiger partial charge in [0.25, 0.3) is 0 Å². The first-order valence-electron chi connectivity index (χ1n) is 7.68. The molecular weight excluding hydrogens is 338 g/mol. The van der Waals surface area contributed by atoms with Crippen LogP contribution in [0.4, 0.5) is 0 Å². The van der Waals surface area contributed by atoms with E-state index in [1.807, 2.05) is 23.6 Å². The van der Waals surface area contributed by atoms with Crippen LogP contribution < -0.4 is 11.1 Å². The lowest BCUT2D eigenvalue weighted by molar-refractivity contribution is -0.120. The van der Waals surface area contributed by atoms with Gasteiger partial charge in [-0.2, -0.15) is 0 Å². The average molecular weight is 355 g/mol. The Morgan fingerprint density at radius 2 is 2.12 bits per heavy atom.